The van der Waals surface area contributed by atoms with Gasteiger partial charge in [0.15, 0.2) is 0 Å². The third-order valence-corrected chi connectivity index (χ3v) is 9.25. The molecule has 0 aromatic heterocycles. The summed E-state index contributed by atoms with van der Waals surface area (Å²) in [5.41, 5.74) is 4.04. The van der Waals surface area contributed by atoms with Crippen LogP contribution in [0.15, 0.2) is 95.9 Å². The van der Waals surface area contributed by atoms with Gasteiger partial charge >= 0.3 is 6.18 Å². The van der Waals surface area contributed by atoms with E-state index in [0.29, 0.717) is 16.7 Å². The summed E-state index contributed by atoms with van der Waals surface area (Å²) in [5, 5.41) is 0. The second-order valence-corrected chi connectivity index (χ2v) is 12.2. The van der Waals surface area contributed by atoms with E-state index in [1.165, 1.54) is 45.0 Å². The van der Waals surface area contributed by atoms with Gasteiger partial charge in [0.05, 0.1) is 15.4 Å². The zero-order valence-corrected chi connectivity index (χ0v) is 24.9. The Morgan fingerprint density at radius 3 is 2.02 bits per heavy atom. The maximum Gasteiger partial charge on any atom is 0.416 e. The lowest BCUT2D eigenvalue weighted by molar-refractivity contribution is -0.137. The lowest BCUT2D eigenvalue weighted by Gasteiger charge is -2.11. The van der Waals surface area contributed by atoms with E-state index in [1.807, 2.05) is 0 Å². The number of sulfone groups is 1. The van der Waals surface area contributed by atoms with E-state index in [9.17, 15) is 21.6 Å². The lowest BCUT2D eigenvalue weighted by Crippen LogP contribution is -2.05. The number of hydrogen-bond acceptors (Lipinski definition) is 2. The number of benzene rings is 4. The molecule has 0 unspecified atom stereocenters. The largest absolute Gasteiger partial charge is 0.416 e. The Morgan fingerprint density at radius 1 is 0.825 bits per heavy atom. The number of alkyl halides is 3. The molecule has 2 nitrogen and oxygen atoms in total. The van der Waals surface area contributed by atoms with Gasteiger partial charge in [-0.1, -0.05) is 68.2 Å². The predicted octanol–water partition coefficient (Wildman–Crippen LogP) is 8.81. The van der Waals surface area contributed by atoms with Crippen LogP contribution < -0.4 is 0 Å². The van der Waals surface area contributed by atoms with E-state index < -0.39 is 21.6 Å². The van der Waals surface area contributed by atoms with Crippen molar-refractivity contribution in [2.75, 3.05) is 0 Å². The highest BCUT2D eigenvalue weighted by molar-refractivity contribution is 14.1. The normalized spacial score (nSPS) is 12.1. The van der Waals surface area contributed by atoms with Crippen LogP contribution in [-0.2, 0) is 28.9 Å². The van der Waals surface area contributed by atoms with Crippen LogP contribution in [0.2, 0.25) is 0 Å². The summed E-state index contributed by atoms with van der Waals surface area (Å²) in [6.45, 7) is 4.20. The second-order valence-electron chi connectivity index (χ2n) is 9.08. The van der Waals surface area contributed by atoms with Gasteiger partial charge < -0.3 is 0 Å². The van der Waals surface area contributed by atoms with Crippen molar-refractivity contribution >= 4 is 43.4 Å². The average molecular weight is 671 g/mol. The van der Waals surface area contributed by atoms with Gasteiger partial charge in [-0.2, -0.15) is 13.2 Å². The van der Waals surface area contributed by atoms with Gasteiger partial charge in [-0.05, 0) is 112 Å². The molecule has 0 N–H and O–H groups in total. The van der Waals surface area contributed by atoms with Crippen molar-refractivity contribution < 1.29 is 21.6 Å². The minimum Gasteiger partial charge on any atom is -0.218 e. The molecule has 0 atom stereocenters. The van der Waals surface area contributed by atoms with Crippen molar-refractivity contribution in [1.82, 2.24) is 0 Å². The maximum absolute atomic E-state index is 13.6. The zero-order valence-electron chi connectivity index (χ0n) is 21.9. The topological polar surface area (TPSA) is 34.1 Å². The number of halogens is 4. The lowest BCUT2D eigenvalue weighted by atomic mass is 10.0. The molecule has 7 heteroatoms. The molecule has 204 valence electrons. The smallest absolute Gasteiger partial charge is 0.218 e. The molecule has 0 amide bonds. The number of hydrogen-bond donors (Lipinski definition) is 0. The molecular formula is C33H26F3IO2S. The van der Waals surface area contributed by atoms with Crippen LogP contribution in [0.3, 0.4) is 0 Å². The first kappa shape index (κ1) is 29.6. The van der Waals surface area contributed by atoms with E-state index >= 15 is 0 Å². The summed E-state index contributed by atoms with van der Waals surface area (Å²) in [4.78, 5) is 0.0750. The van der Waals surface area contributed by atoms with Crippen LogP contribution in [0, 0.1) is 15.4 Å². The Hall–Kier alpha value is -3.35. The molecule has 0 spiro atoms. The summed E-state index contributed by atoms with van der Waals surface area (Å²) in [5.74, 6) is 6.45. The Balaban J connectivity index is 1.75. The van der Waals surface area contributed by atoms with Crippen molar-refractivity contribution in [1.29, 1.82) is 0 Å². The quantitative estimate of drug-likeness (QED) is 0.117. The SMILES string of the molecule is CCc1cc(C#Cc2ccc(C(=Cc3ccc(C(F)(F)F)cc3)S(=O)(=O)c3ccccc3)cc2)c(CC)cc1I. The van der Waals surface area contributed by atoms with Crippen molar-refractivity contribution in [2.24, 2.45) is 0 Å². The first-order chi connectivity index (χ1) is 19.0. The van der Waals surface area contributed by atoms with Crippen molar-refractivity contribution in [3.8, 4) is 11.8 Å². The van der Waals surface area contributed by atoms with Gasteiger partial charge in [0.2, 0.25) is 9.84 Å². The van der Waals surface area contributed by atoms with Gasteiger partial charge in [-0.25, -0.2) is 8.42 Å². The molecular weight excluding hydrogens is 644 g/mol. The molecule has 0 saturated carbocycles. The van der Waals surface area contributed by atoms with Crippen molar-refractivity contribution in [3.05, 3.63) is 134 Å². The molecule has 0 aliphatic rings. The van der Waals surface area contributed by atoms with E-state index in [1.54, 1.807) is 42.5 Å². The monoisotopic (exact) mass is 670 g/mol. The molecule has 0 aliphatic heterocycles. The summed E-state index contributed by atoms with van der Waals surface area (Å²) in [6, 6.07) is 23.5. The molecule has 0 heterocycles. The number of aryl methyl sites for hydroxylation is 2. The average Bonchev–Trinajstić information content (AvgIpc) is 2.95. The summed E-state index contributed by atoms with van der Waals surface area (Å²) >= 11 is 2.35. The van der Waals surface area contributed by atoms with E-state index in [-0.39, 0.29) is 9.80 Å². The molecule has 40 heavy (non-hydrogen) atoms. The molecule has 4 rings (SSSR count). The van der Waals surface area contributed by atoms with E-state index in [4.69, 9.17) is 0 Å². The van der Waals surface area contributed by atoms with Crippen LogP contribution in [0.5, 0.6) is 0 Å². The fourth-order valence-corrected chi connectivity index (χ4v) is 6.58. The highest BCUT2D eigenvalue weighted by atomic mass is 127. The second kappa shape index (κ2) is 12.4. The standard InChI is InChI=1S/C33H26F3IO2S/c1-3-25-22-31(37)26(4-2)21-28(25)17-12-23-10-15-27(16-11-23)32(40(38,39)30-8-6-5-7-9-30)20-24-13-18-29(19-14-24)33(34,35)36/h5-11,13-16,18-22H,3-4H2,1-2H3. The Kier molecular flexibility index (Phi) is 9.22. The maximum atomic E-state index is 13.6. The third kappa shape index (κ3) is 6.86. The van der Waals surface area contributed by atoms with Gasteiger partial charge in [-0.15, -0.1) is 0 Å². The van der Waals surface area contributed by atoms with Crippen LogP contribution >= 0.6 is 22.6 Å². The summed E-state index contributed by atoms with van der Waals surface area (Å²) in [6.07, 6.45) is -1.31. The van der Waals surface area contributed by atoms with E-state index in [0.717, 1.165) is 30.5 Å². The Labute approximate surface area is 247 Å². The van der Waals surface area contributed by atoms with Crippen LogP contribution in [0.25, 0.3) is 11.0 Å². The van der Waals surface area contributed by atoms with Gasteiger partial charge in [-0.3, -0.25) is 0 Å². The molecule has 4 aromatic rings. The first-order valence-electron chi connectivity index (χ1n) is 12.7. The van der Waals surface area contributed by atoms with Crippen LogP contribution in [0.4, 0.5) is 13.2 Å². The Bertz CT molecular complexity index is 1690. The molecule has 0 saturated heterocycles. The minimum absolute atomic E-state index is 0.0172. The van der Waals surface area contributed by atoms with Crippen molar-refractivity contribution in [3.63, 3.8) is 0 Å². The molecule has 0 fully saturated rings. The summed E-state index contributed by atoms with van der Waals surface area (Å²) in [7, 11) is -3.98. The molecule has 0 radical (unpaired) electrons. The summed E-state index contributed by atoms with van der Waals surface area (Å²) < 4.78 is 67.6. The number of rotatable bonds is 6. The first-order valence-corrected chi connectivity index (χ1v) is 15.2. The van der Waals surface area contributed by atoms with Gasteiger partial charge in [0.1, 0.15) is 0 Å². The molecule has 4 aromatic carbocycles. The molecule has 0 bridgehead atoms. The van der Waals surface area contributed by atoms with E-state index in [2.05, 4.69) is 60.4 Å². The third-order valence-electron chi connectivity index (χ3n) is 6.42. The fraction of sp³-hybridized carbons (Fsp3) is 0.152. The zero-order chi connectivity index (χ0) is 28.9. The predicted molar refractivity (Wildman–Crippen MR) is 163 cm³/mol. The van der Waals surface area contributed by atoms with Gasteiger partial charge in [0, 0.05) is 14.7 Å². The molecule has 0 aliphatic carbocycles. The Morgan fingerprint density at radius 2 is 1.45 bits per heavy atom. The van der Waals surface area contributed by atoms with Crippen LogP contribution in [0.1, 0.15) is 52.8 Å². The highest BCUT2D eigenvalue weighted by Gasteiger charge is 2.30. The van der Waals surface area contributed by atoms with Gasteiger partial charge in [0.25, 0.3) is 0 Å². The fourth-order valence-electron chi connectivity index (χ4n) is 4.16. The minimum atomic E-state index is -4.48. The van der Waals surface area contributed by atoms with Crippen LogP contribution in [-0.4, -0.2) is 8.42 Å². The van der Waals surface area contributed by atoms with Crippen molar-refractivity contribution in [2.45, 2.75) is 37.8 Å². The highest BCUT2D eigenvalue weighted by Crippen LogP contribution is 2.32.